The Balaban J connectivity index is -0.000000464. The van der Waals surface area contributed by atoms with Crippen LogP contribution in [0, 0.1) is 27.7 Å². The molecular weight excluding hydrogens is 494 g/mol. The van der Waals surface area contributed by atoms with Crippen LogP contribution in [0.25, 0.3) is 6.08 Å². The number of hydrogen-bond donors (Lipinski definition) is 0. The van der Waals surface area contributed by atoms with Gasteiger partial charge in [0, 0.05) is 25.9 Å². The number of ether oxygens (including phenoxy) is 2. The molecule has 0 aliphatic rings. The van der Waals surface area contributed by atoms with Gasteiger partial charge in [0.2, 0.25) is 0 Å². The molecule has 194 valence electrons. The molecule has 0 saturated heterocycles. The molecule has 0 aliphatic heterocycles. The zero-order valence-electron chi connectivity index (χ0n) is 23.6. The Morgan fingerprint density at radius 2 is 1.22 bits per heavy atom. The number of aldehydes is 1. The number of carbonyl (C=O) groups excluding carboxylic acids is 3. The molecule has 10 heteroatoms. The molecule has 0 aromatic heterocycles. The van der Waals surface area contributed by atoms with Gasteiger partial charge in [0.15, 0.2) is 6.29 Å². The summed E-state index contributed by atoms with van der Waals surface area (Å²) < 4.78 is 29.0. The minimum Gasteiger partial charge on any atom is -1.00 e. The molecule has 0 heterocycles. The van der Waals surface area contributed by atoms with Crippen LogP contribution in [-0.4, -0.2) is 52.8 Å². The van der Waals surface area contributed by atoms with Crippen LogP contribution in [0.3, 0.4) is 0 Å². The van der Waals surface area contributed by atoms with Crippen LogP contribution in [0.2, 0.25) is 0 Å². The Kier molecular flexibility index (Phi) is 19.2. The average molecular weight is 531 g/mol. The van der Waals surface area contributed by atoms with Crippen molar-refractivity contribution in [2.24, 2.45) is 0 Å². The maximum absolute atomic E-state index is 11.2. The van der Waals surface area contributed by atoms with E-state index in [-0.39, 0.29) is 43.1 Å². The van der Waals surface area contributed by atoms with Gasteiger partial charge in [-0.1, -0.05) is 36.4 Å². The van der Waals surface area contributed by atoms with Crippen LogP contribution in [0.1, 0.15) is 39.6 Å². The molecule has 2 rings (SSSR count). The normalized spacial score (nSPS) is 10.1. The largest absolute Gasteiger partial charge is 1.00 e. The van der Waals surface area contributed by atoms with E-state index in [4.69, 9.17) is 0 Å². The third-order valence-electron chi connectivity index (χ3n) is 4.90. The minimum atomic E-state index is -3.23. The van der Waals surface area contributed by atoms with Crippen molar-refractivity contribution in [2.45, 2.75) is 27.7 Å². The van der Waals surface area contributed by atoms with Crippen LogP contribution in [0.15, 0.2) is 42.5 Å². The Morgan fingerprint density at radius 3 is 1.53 bits per heavy atom. The van der Waals surface area contributed by atoms with E-state index in [0.29, 0.717) is 0 Å². The first-order chi connectivity index (χ1) is 16.5. The van der Waals surface area contributed by atoms with E-state index in [1.54, 1.807) is 6.08 Å². The summed E-state index contributed by atoms with van der Waals surface area (Å²) in [5.74, 6) is -0.940. The van der Waals surface area contributed by atoms with Crippen molar-refractivity contribution in [2.75, 3.05) is 34.6 Å². The van der Waals surface area contributed by atoms with E-state index in [0.717, 1.165) is 39.7 Å². The van der Waals surface area contributed by atoms with Crippen LogP contribution in [0.4, 0.5) is 0 Å². The van der Waals surface area contributed by atoms with Crippen molar-refractivity contribution < 1.29 is 68.5 Å². The molecule has 0 radical (unpaired) electrons. The van der Waals surface area contributed by atoms with Crippen molar-refractivity contribution in [3.05, 3.63) is 75.9 Å². The summed E-state index contributed by atoms with van der Waals surface area (Å²) in [6.45, 7) is 7.92. The first-order valence-corrected chi connectivity index (χ1v) is 12.3. The molecule has 2 aromatic rings. The van der Waals surface area contributed by atoms with Gasteiger partial charge < -0.3 is 19.9 Å². The maximum atomic E-state index is 11.2. The number of benzene rings is 2. The SMILES string of the molecule is COC(=O)/C=C/c1c(C)cccc1C.COC(=O)CP(=O)(OC)OC.Cc1cccc(C)c1C=O.[H-].[Na+]. The Morgan fingerprint density at radius 1 is 0.806 bits per heavy atom. The molecule has 0 amide bonds. The van der Waals surface area contributed by atoms with Crippen molar-refractivity contribution in [1.82, 2.24) is 0 Å². The minimum absolute atomic E-state index is 0. The van der Waals surface area contributed by atoms with Gasteiger partial charge in [-0.3, -0.25) is 14.2 Å². The first-order valence-electron chi connectivity index (χ1n) is 10.6. The van der Waals surface area contributed by atoms with Crippen LogP contribution in [-0.2, 0) is 32.7 Å². The molecule has 0 atom stereocenters. The third-order valence-corrected chi connectivity index (χ3v) is 6.65. The number of aryl methyl sites for hydroxylation is 4. The topological polar surface area (TPSA) is 105 Å². The molecule has 0 saturated carbocycles. The van der Waals surface area contributed by atoms with Gasteiger partial charge >= 0.3 is 49.1 Å². The number of carbonyl (C=O) groups is 3. The molecular formula is C26H36NaO8P. The Bertz CT molecular complexity index is 1020. The zero-order chi connectivity index (χ0) is 27.0. The fourth-order valence-corrected chi connectivity index (χ4v) is 3.60. The number of rotatable bonds is 7. The van der Waals surface area contributed by atoms with E-state index in [2.05, 4.69) is 18.5 Å². The van der Waals surface area contributed by atoms with Crippen LogP contribution >= 0.6 is 7.60 Å². The predicted octanol–water partition coefficient (Wildman–Crippen LogP) is 2.37. The smallest absolute Gasteiger partial charge is 1.00 e. The monoisotopic (exact) mass is 530 g/mol. The summed E-state index contributed by atoms with van der Waals surface area (Å²) >= 11 is 0. The summed E-state index contributed by atoms with van der Waals surface area (Å²) in [5.41, 5.74) is 6.32. The van der Waals surface area contributed by atoms with Gasteiger partial charge in [-0.25, -0.2) is 4.79 Å². The van der Waals surface area contributed by atoms with Gasteiger partial charge in [-0.15, -0.1) is 0 Å². The van der Waals surface area contributed by atoms with Crippen molar-refractivity contribution >= 4 is 31.9 Å². The molecule has 36 heavy (non-hydrogen) atoms. The fraction of sp³-hybridized carbons (Fsp3) is 0.346. The average Bonchev–Trinajstić information content (AvgIpc) is 2.84. The number of esters is 2. The summed E-state index contributed by atoms with van der Waals surface area (Å²) in [6, 6.07) is 11.9. The molecule has 0 fully saturated rings. The molecule has 8 nitrogen and oxygen atoms in total. The summed E-state index contributed by atoms with van der Waals surface area (Å²) in [4.78, 5) is 31.9. The molecule has 0 aliphatic carbocycles. The fourth-order valence-electron chi connectivity index (χ4n) is 2.75. The van der Waals surface area contributed by atoms with Crippen LogP contribution < -0.4 is 29.6 Å². The van der Waals surface area contributed by atoms with E-state index in [1.165, 1.54) is 34.5 Å². The van der Waals surface area contributed by atoms with Gasteiger partial charge in [0.05, 0.1) is 14.2 Å². The van der Waals surface area contributed by atoms with E-state index in [9.17, 15) is 18.9 Å². The van der Waals surface area contributed by atoms with Crippen molar-refractivity contribution in [3.63, 3.8) is 0 Å². The van der Waals surface area contributed by atoms with Gasteiger partial charge in [-0.2, -0.15) is 0 Å². The molecule has 0 unspecified atom stereocenters. The first kappa shape index (κ1) is 36.1. The maximum Gasteiger partial charge on any atom is 1.00 e. The van der Waals surface area contributed by atoms with E-state index < -0.39 is 13.6 Å². The van der Waals surface area contributed by atoms with Crippen molar-refractivity contribution in [3.8, 4) is 0 Å². The standard InChI is InChI=1S/C12H14O2.C9H10O.C5H11O5P.Na.H/c1-9-5-4-6-10(2)11(9)7-8-12(13)14-3;1-7-4-3-5-8(2)9(7)6-10;1-8-5(6)4-11(7,9-2)10-3;;/h4-8H,1-3H3;3-6H,1-2H3;4H2,1-3H3;;/q;;;+1;-1/b8-7+;;;;. The summed E-state index contributed by atoms with van der Waals surface area (Å²) in [7, 11) is 1.78. The summed E-state index contributed by atoms with van der Waals surface area (Å²) in [5, 5.41) is 0. The second-order valence-electron chi connectivity index (χ2n) is 7.30. The summed E-state index contributed by atoms with van der Waals surface area (Å²) in [6.07, 6.45) is 3.78. The second kappa shape index (κ2) is 19.1. The Labute approximate surface area is 237 Å². The van der Waals surface area contributed by atoms with E-state index in [1.807, 2.05) is 64.1 Å². The van der Waals surface area contributed by atoms with Crippen LogP contribution in [0.5, 0.6) is 0 Å². The van der Waals surface area contributed by atoms with Gasteiger partial charge in [-0.05, 0) is 61.6 Å². The van der Waals surface area contributed by atoms with Gasteiger partial charge in [0.25, 0.3) is 0 Å². The van der Waals surface area contributed by atoms with Crippen molar-refractivity contribution in [1.29, 1.82) is 0 Å². The molecule has 0 bridgehead atoms. The third kappa shape index (κ3) is 13.3. The number of methoxy groups -OCH3 is 2. The van der Waals surface area contributed by atoms with Gasteiger partial charge in [0.1, 0.15) is 6.16 Å². The second-order valence-corrected chi connectivity index (χ2v) is 9.56. The molecule has 0 N–H and O–H groups in total. The molecule has 2 aromatic carbocycles. The zero-order valence-corrected chi connectivity index (χ0v) is 25.5. The van der Waals surface area contributed by atoms with E-state index >= 15 is 0 Å². The Hall–Kier alpha value is -2.06. The number of hydrogen-bond acceptors (Lipinski definition) is 8. The predicted molar refractivity (Wildman–Crippen MR) is 138 cm³/mol. The quantitative estimate of drug-likeness (QED) is 0.177. The molecule has 0 spiro atoms.